The molecule has 4 heterocycles. The van der Waals surface area contributed by atoms with Crippen LogP contribution in [0.5, 0.6) is 0 Å². The summed E-state index contributed by atoms with van der Waals surface area (Å²) in [6, 6.07) is 10.2. The second-order valence-corrected chi connectivity index (χ2v) is 7.77. The molecule has 2 bridgehead atoms. The maximum Gasteiger partial charge on any atom is 0.230 e. The van der Waals surface area contributed by atoms with Crippen molar-refractivity contribution < 1.29 is 9.18 Å². The van der Waals surface area contributed by atoms with Crippen LogP contribution in [0.1, 0.15) is 35.6 Å². The first-order valence-electron chi connectivity index (χ1n) is 8.98. The summed E-state index contributed by atoms with van der Waals surface area (Å²) < 4.78 is 12.9. The fourth-order valence-electron chi connectivity index (χ4n) is 3.62. The zero-order chi connectivity index (χ0) is 18.8. The first-order chi connectivity index (χ1) is 13.1. The largest absolute Gasteiger partial charge is 0.370 e. The highest BCUT2D eigenvalue weighted by Crippen LogP contribution is 2.42. The van der Waals surface area contributed by atoms with Crippen molar-refractivity contribution in [3.63, 3.8) is 0 Å². The predicted molar refractivity (Wildman–Crippen MR) is 102 cm³/mol. The van der Waals surface area contributed by atoms with E-state index in [2.05, 4.69) is 16.3 Å². The van der Waals surface area contributed by atoms with Gasteiger partial charge in [-0.3, -0.25) is 4.79 Å². The zero-order valence-corrected chi connectivity index (χ0v) is 15.6. The van der Waals surface area contributed by atoms with Gasteiger partial charge in [0.15, 0.2) is 0 Å². The third kappa shape index (κ3) is 3.76. The lowest BCUT2D eigenvalue weighted by Gasteiger charge is -2.41. The number of benzene rings is 1. The Morgan fingerprint density at radius 3 is 2.78 bits per heavy atom. The van der Waals surface area contributed by atoms with E-state index in [1.807, 2.05) is 6.07 Å². The van der Waals surface area contributed by atoms with Crippen molar-refractivity contribution in [3.8, 4) is 6.07 Å². The van der Waals surface area contributed by atoms with Gasteiger partial charge in [0, 0.05) is 25.6 Å². The molecule has 7 heteroatoms. The van der Waals surface area contributed by atoms with Gasteiger partial charge in [0.1, 0.15) is 16.9 Å². The summed E-state index contributed by atoms with van der Waals surface area (Å²) >= 11 is 1.29. The summed E-state index contributed by atoms with van der Waals surface area (Å²) in [4.78, 5) is 19.2. The minimum atomic E-state index is -0.298. The van der Waals surface area contributed by atoms with E-state index in [1.165, 1.54) is 23.9 Å². The van der Waals surface area contributed by atoms with Crippen molar-refractivity contribution in [2.24, 2.45) is 0 Å². The molecular formula is C20H19FN4OS. The van der Waals surface area contributed by atoms with Gasteiger partial charge in [-0.25, -0.2) is 9.37 Å². The summed E-state index contributed by atoms with van der Waals surface area (Å²) in [6.07, 6.45) is 2.21. The molecule has 3 aliphatic heterocycles. The molecule has 1 aromatic heterocycles. The first-order valence-corrected chi connectivity index (χ1v) is 9.96. The Labute approximate surface area is 161 Å². The van der Waals surface area contributed by atoms with Crippen LogP contribution in [-0.4, -0.2) is 29.7 Å². The number of anilines is 1. The quantitative estimate of drug-likeness (QED) is 0.805. The van der Waals surface area contributed by atoms with Gasteiger partial charge in [-0.2, -0.15) is 5.26 Å². The molecule has 0 aliphatic carbocycles. The Morgan fingerprint density at radius 2 is 2.07 bits per heavy atom. The number of fused-ring (bicyclic) bond motifs is 2. The molecule has 1 fully saturated rings. The van der Waals surface area contributed by atoms with E-state index in [0.29, 0.717) is 23.1 Å². The van der Waals surface area contributed by atoms with Crippen LogP contribution >= 0.6 is 11.8 Å². The Balaban J connectivity index is 1.40. The number of nitriles is 1. The van der Waals surface area contributed by atoms with Gasteiger partial charge < -0.3 is 10.2 Å². The summed E-state index contributed by atoms with van der Waals surface area (Å²) in [5.74, 6) is 0.214. The second kappa shape index (κ2) is 7.57. The van der Waals surface area contributed by atoms with Crippen molar-refractivity contribution in [1.29, 1.82) is 5.26 Å². The zero-order valence-electron chi connectivity index (χ0n) is 14.7. The Morgan fingerprint density at radius 1 is 1.33 bits per heavy atom. The van der Waals surface area contributed by atoms with Gasteiger partial charge in [-0.15, -0.1) is 0 Å². The number of pyridine rings is 1. The topological polar surface area (TPSA) is 69.0 Å². The Kier molecular flexibility index (Phi) is 4.99. The molecule has 27 heavy (non-hydrogen) atoms. The predicted octanol–water partition coefficient (Wildman–Crippen LogP) is 3.20. The number of hydrogen-bond donors (Lipinski definition) is 1. The monoisotopic (exact) mass is 382 g/mol. The van der Waals surface area contributed by atoms with E-state index in [-0.39, 0.29) is 17.5 Å². The molecule has 5 nitrogen and oxygen atoms in total. The van der Waals surface area contributed by atoms with Crippen LogP contribution in [0, 0.1) is 17.1 Å². The summed E-state index contributed by atoms with van der Waals surface area (Å²) in [7, 11) is 0. The third-order valence-electron chi connectivity index (χ3n) is 5.08. The molecule has 138 valence electrons. The van der Waals surface area contributed by atoms with Gasteiger partial charge in [0.05, 0.1) is 22.7 Å². The van der Waals surface area contributed by atoms with Gasteiger partial charge in [-0.1, -0.05) is 23.9 Å². The van der Waals surface area contributed by atoms with E-state index in [0.717, 1.165) is 42.9 Å². The number of aromatic nitrogens is 1. The molecule has 0 saturated carbocycles. The lowest BCUT2D eigenvalue weighted by Crippen LogP contribution is -2.39. The normalized spacial score (nSPS) is 15.3. The molecule has 2 aromatic rings. The third-order valence-corrected chi connectivity index (χ3v) is 6.07. The second-order valence-electron chi connectivity index (χ2n) is 6.81. The van der Waals surface area contributed by atoms with E-state index >= 15 is 0 Å². The van der Waals surface area contributed by atoms with Crippen LogP contribution in [-0.2, 0) is 11.3 Å². The number of amides is 1. The molecule has 0 spiro atoms. The number of halogens is 1. The SMILES string of the molecule is N#Cc1cc2c(nc1SCC(=O)NCc1ccc(F)cc1)C1CCN2CC1. The average Bonchev–Trinajstić information content (AvgIpc) is 2.72. The molecular weight excluding hydrogens is 363 g/mol. The summed E-state index contributed by atoms with van der Waals surface area (Å²) in [5.41, 5.74) is 3.52. The van der Waals surface area contributed by atoms with Crippen LogP contribution in [0.25, 0.3) is 0 Å². The number of hydrogen-bond acceptors (Lipinski definition) is 5. The summed E-state index contributed by atoms with van der Waals surface area (Å²) in [6.45, 7) is 2.41. The molecule has 5 rings (SSSR count). The van der Waals surface area contributed by atoms with E-state index in [9.17, 15) is 14.4 Å². The van der Waals surface area contributed by atoms with E-state index < -0.39 is 0 Å². The maximum atomic E-state index is 12.9. The Bertz CT molecular complexity index is 901. The molecule has 3 aliphatic rings. The number of carbonyl (C=O) groups excluding carboxylic acids is 1. The minimum absolute atomic E-state index is 0.141. The number of rotatable bonds is 5. The van der Waals surface area contributed by atoms with Crippen molar-refractivity contribution in [2.75, 3.05) is 23.7 Å². The molecule has 1 amide bonds. The molecule has 1 N–H and O–H groups in total. The maximum absolute atomic E-state index is 12.9. The van der Waals surface area contributed by atoms with Gasteiger partial charge in [0.2, 0.25) is 5.91 Å². The fraction of sp³-hybridized carbons (Fsp3) is 0.350. The van der Waals surface area contributed by atoms with Crippen LogP contribution < -0.4 is 10.2 Å². The lowest BCUT2D eigenvalue weighted by molar-refractivity contribution is -0.118. The number of thioether (sulfide) groups is 1. The first kappa shape index (κ1) is 17.8. The van der Waals surface area contributed by atoms with Crippen molar-refractivity contribution in [2.45, 2.75) is 30.3 Å². The van der Waals surface area contributed by atoms with Crippen molar-refractivity contribution in [1.82, 2.24) is 10.3 Å². The van der Waals surface area contributed by atoms with Gasteiger partial charge in [-0.05, 0) is 36.6 Å². The molecule has 1 aromatic carbocycles. The fourth-order valence-corrected chi connectivity index (χ4v) is 4.42. The highest BCUT2D eigenvalue weighted by molar-refractivity contribution is 8.00. The molecule has 1 saturated heterocycles. The molecule has 0 unspecified atom stereocenters. The molecule has 0 atom stereocenters. The molecule has 0 radical (unpaired) electrons. The van der Waals surface area contributed by atoms with Crippen LogP contribution in [0.2, 0.25) is 0 Å². The van der Waals surface area contributed by atoms with Gasteiger partial charge >= 0.3 is 0 Å². The smallest absolute Gasteiger partial charge is 0.230 e. The van der Waals surface area contributed by atoms with Crippen LogP contribution in [0.4, 0.5) is 10.1 Å². The Hall–Kier alpha value is -2.59. The lowest BCUT2D eigenvalue weighted by atomic mass is 9.86. The summed E-state index contributed by atoms with van der Waals surface area (Å²) in [5, 5.41) is 12.9. The number of piperidine rings is 1. The average molecular weight is 382 g/mol. The number of carbonyl (C=O) groups is 1. The van der Waals surface area contributed by atoms with Gasteiger partial charge in [0.25, 0.3) is 0 Å². The van der Waals surface area contributed by atoms with Crippen molar-refractivity contribution >= 4 is 23.4 Å². The number of nitrogens with one attached hydrogen (secondary N) is 1. The standard InChI is InChI=1S/C20H19FN4OS/c21-16-3-1-13(2-4-16)11-23-18(26)12-27-20-15(10-22)9-17-19(24-20)14-5-7-25(17)8-6-14/h1-4,9,14H,5-8,11-12H2,(H,23,26). The number of nitrogens with zero attached hydrogens (tertiary/aromatic N) is 3. The highest BCUT2D eigenvalue weighted by Gasteiger charge is 2.33. The minimum Gasteiger partial charge on any atom is -0.370 e. The van der Waals surface area contributed by atoms with Crippen LogP contribution in [0.15, 0.2) is 35.4 Å². The van der Waals surface area contributed by atoms with Crippen molar-refractivity contribution in [3.05, 3.63) is 53.0 Å². The van der Waals surface area contributed by atoms with E-state index in [4.69, 9.17) is 4.98 Å². The van der Waals surface area contributed by atoms with E-state index in [1.54, 1.807) is 12.1 Å². The van der Waals surface area contributed by atoms with Crippen LogP contribution in [0.3, 0.4) is 0 Å². The highest BCUT2D eigenvalue weighted by atomic mass is 32.2.